The average molecular weight is 500 g/mol. The minimum atomic E-state index is -0.972. The first kappa shape index (κ1) is 25.5. The van der Waals surface area contributed by atoms with Crippen LogP contribution in [0.15, 0.2) is 47.5 Å². The molecule has 2 heterocycles. The van der Waals surface area contributed by atoms with Crippen LogP contribution in [0.2, 0.25) is 0 Å². The maximum Gasteiger partial charge on any atom is 0.271 e. The molecule has 192 valence electrons. The van der Waals surface area contributed by atoms with Crippen molar-refractivity contribution in [2.45, 2.75) is 57.7 Å². The van der Waals surface area contributed by atoms with Crippen molar-refractivity contribution in [1.82, 2.24) is 19.6 Å². The van der Waals surface area contributed by atoms with Crippen LogP contribution < -0.4 is 15.6 Å². The van der Waals surface area contributed by atoms with Gasteiger partial charge in [0.25, 0.3) is 11.5 Å². The number of amides is 1. The van der Waals surface area contributed by atoms with Gasteiger partial charge in [-0.1, -0.05) is 31.7 Å². The smallest absolute Gasteiger partial charge is 0.271 e. The quantitative estimate of drug-likeness (QED) is 0.391. The fraction of sp³-hybridized carbons (Fsp3) is 0.440. The number of carbonyl (C=O) groups excluding carboxylic acids is 1. The van der Waals surface area contributed by atoms with E-state index < -0.39 is 36.0 Å². The van der Waals surface area contributed by atoms with Crippen LogP contribution in [0.5, 0.6) is 11.5 Å². The molecule has 36 heavy (non-hydrogen) atoms. The number of aryl methyl sites for hydroxylation is 1. The van der Waals surface area contributed by atoms with Gasteiger partial charge in [-0.25, -0.2) is 9.07 Å². The number of aliphatic hydroxyl groups is 2. The van der Waals surface area contributed by atoms with Crippen molar-refractivity contribution in [3.63, 3.8) is 0 Å². The largest absolute Gasteiger partial charge is 0.452 e. The molecule has 1 fully saturated rings. The van der Waals surface area contributed by atoms with E-state index in [4.69, 9.17) is 9.84 Å². The second-order valence-electron chi connectivity index (χ2n) is 9.16. The van der Waals surface area contributed by atoms with E-state index in [1.54, 1.807) is 25.3 Å². The highest BCUT2D eigenvalue weighted by atomic mass is 19.1. The lowest BCUT2D eigenvalue weighted by Gasteiger charge is -2.21. The summed E-state index contributed by atoms with van der Waals surface area (Å²) >= 11 is 0. The molecule has 0 aliphatic heterocycles. The highest BCUT2D eigenvalue weighted by molar-refractivity contribution is 5.92. The Bertz CT molecular complexity index is 1250. The van der Waals surface area contributed by atoms with E-state index in [0.29, 0.717) is 6.42 Å². The van der Waals surface area contributed by atoms with Gasteiger partial charge in [-0.05, 0) is 37.0 Å². The Balaban J connectivity index is 1.54. The summed E-state index contributed by atoms with van der Waals surface area (Å²) in [7, 11) is 0. The van der Waals surface area contributed by atoms with E-state index in [0.717, 1.165) is 35.9 Å². The van der Waals surface area contributed by atoms with Gasteiger partial charge in [-0.2, -0.15) is 10.2 Å². The predicted molar refractivity (Wildman–Crippen MR) is 129 cm³/mol. The SMILES string of the molecule is Cc1ccc(F)c(Oc2cnn(C(CC3CCCC3)C(=O)Nc3ccn(C[C@@H](O)CO)n3)c(=O)c2)c1. The molecule has 0 bridgehead atoms. The number of nitrogens with one attached hydrogen (secondary N) is 1. The van der Waals surface area contributed by atoms with Crippen LogP contribution in [0.25, 0.3) is 0 Å². The van der Waals surface area contributed by atoms with Crippen molar-refractivity contribution in [1.29, 1.82) is 0 Å². The summed E-state index contributed by atoms with van der Waals surface area (Å²) in [6.45, 7) is 1.46. The molecule has 1 aromatic carbocycles. The molecule has 11 heteroatoms. The zero-order valence-electron chi connectivity index (χ0n) is 20.0. The number of hydrogen-bond acceptors (Lipinski definition) is 7. The van der Waals surface area contributed by atoms with E-state index in [1.165, 1.54) is 29.1 Å². The number of aromatic nitrogens is 4. The Hall–Kier alpha value is -3.57. The number of halogens is 1. The lowest BCUT2D eigenvalue weighted by atomic mass is 9.98. The minimum absolute atomic E-state index is 0.0175. The number of anilines is 1. The molecule has 1 unspecified atom stereocenters. The van der Waals surface area contributed by atoms with E-state index in [-0.39, 0.29) is 29.8 Å². The van der Waals surface area contributed by atoms with E-state index in [9.17, 15) is 19.1 Å². The van der Waals surface area contributed by atoms with Gasteiger partial charge in [0.2, 0.25) is 0 Å². The summed E-state index contributed by atoms with van der Waals surface area (Å²) in [5, 5.41) is 29.7. The van der Waals surface area contributed by atoms with Gasteiger partial charge in [0.05, 0.1) is 25.5 Å². The number of hydrogen-bond donors (Lipinski definition) is 3. The maximum atomic E-state index is 14.1. The second-order valence-corrected chi connectivity index (χ2v) is 9.16. The highest BCUT2D eigenvalue weighted by Crippen LogP contribution is 2.32. The zero-order valence-corrected chi connectivity index (χ0v) is 20.0. The van der Waals surface area contributed by atoms with Crippen molar-refractivity contribution in [3.05, 3.63) is 64.5 Å². The fourth-order valence-corrected chi connectivity index (χ4v) is 4.40. The topological polar surface area (TPSA) is 132 Å². The van der Waals surface area contributed by atoms with Crippen molar-refractivity contribution in [3.8, 4) is 11.5 Å². The molecule has 0 radical (unpaired) electrons. The fourth-order valence-electron chi connectivity index (χ4n) is 4.40. The lowest BCUT2D eigenvalue weighted by Crippen LogP contribution is -2.36. The lowest BCUT2D eigenvalue weighted by molar-refractivity contribution is -0.120. The minimum Gasteiger partial charge on any atom is -0.452 e. The average Bonchev–Trinajstić information content (AvgIpc) is 3.52. The highest BCUT2D eigenvalue weighted by Gasteiger charge is 2.29. The van der Waals surface area contributed by atoms with Crippen LogP contribution >= 0.6 is 0 Å². The molecule has 3 aromatic rings. The Labute approximate surface area is 207 Å². The second kappa shape index (κ2) is 11.4. The summed E-state index contributed by atoms with van der Waals surface area (Å²) in [5.41, 5.74) is 0.254. The summed E-state index contributed by atoms with van der Waals surface area (Å²) < 4.78 is 22.1. The first-order valence-corrected chi connectivity index (χ1v) is 12.0. The van der Waals surface area contributed by atoms with E-state index in [2.05, 4.69) is 15.5 Å². The van der Waals surface area contributed by atoms with Crippen LogP contribution in [0.4, 0.5) is 10.2 Å². The molecule has 0 spiro atoms. The summed E-state index contributed by atoms with van der Waals surface area (Å²) in [5.74, 6) is -0.413. The molecular formula is C25H30FN5O5. The van der Waals surface area contributed by atoms with Crippen molar-refractivity contribution >= 4 is 11.7 Å². The number of nitrogens with zero attached hydrogens (tertiary/aromatic N) is 4. The van der Waals surface area contributed by atoms with Gasteiger partial charge < -0.3 is 20.3 Å². The van der Waals surface area contributed by atoms with Crippen LogP contribution in [-0.2, 0) is 11.3 Å². The molecule has 10 nitrogen and oxygen atoms in total. The number of ether oxygens (including phenoxy) is 1. The van der Waals surface area contributed by atoms with Crippen LogP contribution in [-0.4, -0.2) is 48.4 Å². The van der Waals surface area contributed by atoms with Gasteiger partial charge in [0.1, 0.15) is 6.04 Å². The Morgan fingerprint density at radius 3 is 2.78 bits per heavy atom. The van der Waals surface area contributed by atoms with Gasteiger partial charge in [-0.3, -0.25) is 14.3 Å². The van der Waals surface area contributed by atoms with Crippen molar-refractivity contribution < 1.29 is 24.1 Å². The molecule has 1 amide bonds. The molecule has 0 saturated heterocycles. The molecule has 4 rings (SSSR count). The molecule has 2 atom stereocenters. The first-order chi connectivity index (χ1) is 17.3. The Morgan fingerprint density at radius 1 is 1.28 bits per heavy atom. The molecule has 1 aliphatic rings. The zero-order chi connectivity index (χ0) is 25.7. The third-order valence-electron chi connectivity index (χ3n) is 6.25. The third-order valence-corrected chi connectivity index (χ3v) is 6.25. The summed E-state index contributed by atoms with van der Waals surface area (Å²) in [6, 6.07) is 6.30. The molecular weight excluding hydrogens is 469 g/mol. The standard InChI is InChI=1S/C25H30FN5O5/c1-16-6-7-20(26)22(10-16)36-19-12-24(34)31(27-13-19)21(11-17-4-2-3-5-17)25(35)28-23-8-9-30(29-23)14-18(33)15-32/h6-10,12-13,17-18,21,32-33H,2-5,11,14-15H2,1H3,(H,28,29,35)/t18-,21?/m1/s1. The molecule has 2 aromatic heterocycles. The van der Waals surface area contributed by atoms with Gasteiger partial charge in [-0.15, -0.1) is 0 Å². The Morgan fingerprint density at radius 2 is 2.06 bits per heavy atom. The van der Waals surface area contributed by atoms with Crippen molar-refractivity contribution in [2.75, 3.05) is 11.9 Å². The summed E-state index contributed by atoms with van der Waals surface area (Å²) in [4.78, 5) is 26.3. The third kappa shape index (κ3) is 6.35. The molecule has 1 aliphatic carbocycles. The number of benzene rings is 1. The number of rotatable bonds is 10. The number of aliphatic hydroxyl groups excluding tert-OH is 2. The number of carbonyl (C=O) groups is 1. The monoisotopic (exact) mass is 499 g/mol. The van der Waals surface area contributed by atoms with Crippen LogP contribution in [0, 0.1) is 18.7 Å². The normalized spacial score (nSPS) is 15.6. The van der Waals surface area contributed by atoms with E-state index in [1.807, 2.05) is 0 Å². The maximum absolute atomic E-state index is 14.1. The van der Waals surface area contributed by atoms with Gasteiger partial charge in [0, 0.05) is 18.3 Å². The van der Waals surface area contributed by atoms with Gasteiger partial charge in [0.15, 0.2) is 23.1 Å². The van der Waals surface area contributed by atoms with Crippen LogP contribution in [0.3, 0.4) is 0 Å². The van der Waals surface area contributed by atoms with Crippen molar-refractivity contribution in [2.24, 2.45) is 5.92 Å². The Kier molecular flexibility index (Phi) is 8.11. The van der Waals surface area contributed by atoms with Crippen LogP contribution in [0.1, 0.15) is 43.7 Å². The first-order valence-electron chi connectivity index (χ1n) is 12.0. The molecule has 1 saturated carbocycles. The predicted octanol–water partition coefficient (Wildman–Crippen LogP) is 2.79. The summed E-state index contributed by atoms with van der Waals surface area (Å²) in [6.07, 6.45) is 6.43. The van der Waals surface area contributed by atoms with E-state index >= 15 is 0 Å². The van der Waals surface area contributed by atoms with Gasteiger partial charge >= 0.3 is 0 Å². The molecule has 3 N–H and O–H groups in total.